The van der Waals surface area contributed by atoms with Crippen molar-refractivity contribution in [1.29, 1.82) is 0 Å². The zero-order chi connectivity index (χ0) is 22.7. The molecule has 1 aromatic carbocycles. The van der Waals surface area contributed by atoms with Gasteiger partial charge in [0, 0.05) is 30.9 Å². The standard InChI is InChI=1S/C23H30N4O4/c1-13(2)12-31-23(30)20(15(4)28)24-10-16-6-7-19-18(9-16)26-21(27(19)5)17-8-14(3)22(29)25-11-17/h6-9,11,13,15,20,24,28H,10,12H2,1-5H3,(H,25,29). The van der Waals surface area contributed by atoms with Crippen molar-refractivity contribution >= 4 is 17.0 Å². The molecular weight excluding hydrogens is 396 g/mol. The second-order valence-corrected chi connectivity index (χ2v) is 8.34. The highest BCUT2D eigenvalue weighted by Gasteiger charge is 2.25. The smallest absolute Gasteiger partial charge is 0.325 e. The first-order valence-corrected chi connectivity index (χ1v) is 10.4. The molecule has 0 spiro atoms. The molecule has 0 saturated heterocycles. The Morgan fingerprint density at radius 3 is 2.68 bits per heavy atom. The Labute approximate surface area is 181 Å². The number of rotatable bonds is 8. The lowest BCUT2D eigenvalue weighted by atomic mass is 10.1. The SMILES string of the molecule is Cc1cc(-c2nc3cc(CNC(C(=O)OCC(C)C)C(C)O)ccc3n2C)c[nH]c1=O. The van der Waals surface area contributed by atoms with Gasteiger partial charge in [-0.05, 0) is 43.5 Å². The van der Waals surface area contributed by atoms with Crippen molar-refractivity contribution in [2.45, 2.75) is 46.4 Å². The molecule has 2 unspecified atom stereocenters. The second kappa shape index (κ2) is 9.45. The predicted molar refractivity (Wildman–Crippen MR) is 120 cm³/mol. The number of pyridine rings is 1. The fourth-order valence-corrected chi connectivity index (χ4v) is 3.36. The van der Waals surface area contributed by atoms with Crippen LogP contribution < -0.4 is 10.9 Å². The third-order valence-electron chi connectivity index (χ3n) is 5.11. The Hall–Kier alpha value is -2.97. The molecule has 2 aromatic heterocycles. The predicted octanol–water partition coefficient (Wildman–Crippen LogP) is 2.28. The Morgan fingerprint density at radius 1 is 1.29 bits per heavy atom. The summed E-state index contributed by atoms with van der Waals surface area (Å²) in [4.78, 5) is 31.4. The number of fused-ring (bicyclic) bond motifs is 1. The Balaban J connectivity index is 1.80. The second-order valence-electron chi connectivity index (χ2n) is 8.34. The van der Waals surface area contributed by atoms with Gasteiger partial charge in [0.05, 0.1) is 23.7 Å². The summed E-state index contributed by atoms with van der Waals surface area (Å²) in [5, 5.41) is 13.1. The number of imidazole rings is 1. The molecule has 8 heteroatoms. The normalized spacial score (nSPS) is 13.5. The van der Waals surface area contributed by atoms with E-state index in [9.17, 15) is 14.7 Å². The van der Waals surface area contributed by atoms with E-state index >= 15 is 0 Å². The highest BCUT2D eigenvalue weighted by molar-refractivity contribution is 5.81. The molecule has 3 aromatic rings. The summed E-state index contributed by atoms with van der Waals surface area (Å²) in [6, 6.07) is 6.88. The summed E-state index contributed by atoms with van der Waals surface area (Å²) >= 11 is 0. The third-order valence-corrected chi connectivity index (χ3v) is 5.11. The molecule has 0 radical (unpaired) electrons. The van der Waals surface area contributed by atoms with Crippen LogP contribution in [-0.2, 0) is 23.1 Å². The molecule has 0 aliphatic carbocycles. The first kappa shape index (κ1) is 22.7. The highest BCUT2D eigenvalue weighted by Crippen LogP contribution is 2.24. The number of benzene rings is 1. The largest absolute Gasteiger partial charge is 0.464 e. The molecule has 0 aliphatic heterocycles. The van der Waals surface area contributed by atoms with Gasteiger partial charge < -0.3 is 19.4 Å². The van der Waals surface area contributed by atoms with Crippen LogP contribution in [0.25, 0.3) is 22.4 Å². The Morgan fingerprint density at radius 2 is 2.03 bits per heavy atom. The maximum absolute atomic E-state index is 12.3. The molecule has 0 bridgehead atoms. The fourth-order valence-electron chi connectivity index (χ4n) is 3.36. The van der Waals surface area contributed by atoms with Crippen LogP contribution in [0.1, 0.15) is 31.9 Å². The summed E-state index contributed by atoms with van der Waals surface area (Å²) in [6.07, 6.45) is 0.781. The van der Waals surface area contributed by atoms with Gasteiger partial charge in [-0.15, -0.1) is 0 Å². The van der Waals surface area contributed by atoms with Gasteiger partial charge in [-0.25, -0.2) is 4.98 Å². The van der Waals surface area contributed by atoms with Crippen molar-refractivity contribution in [3.63, 3.8) is 0 Å². The van der Waals surface area contributed by atoms with E-state index in [2.05, 4.69) is 10.3 Å². The van der Waals surface area contributed by atoms with Crippen molar-refractivity contribution in [2.24, 2.45) is 13.0 Å². The molecule has 3 N–H and O–H groups in total. The van der Waals surface area contributed by atoms with Crippen LogP contribution in [0.4, 0.5) is 0 Å². The number of ether oxygens (including phenoxy) is 1. The minimum atomic E-state index is -0.881. The summed E-state index contributed by atoms with van der Waals surface area (Å²) in [6.45, 7) is 7.95. The van der Waals surface area contributed by atoms with Gasteiger partial charge in [-0.2, -0.15) is 0 Å². The van der Waals surface area contributed by atoms with Gasteiger partial charge in [-0.3, -0.25) is 14.9 Å². The number of hydrogen-bond donors (Lipinski definition) is 3. The average molecular weight is 427 g/mol. The lowest BCUT2D eigenvalue weighted by Gasteiger charge is -2.20. The van der Waals surface area contributed by atoms with Gasteiger partial charge in [0.1, 0.15) is 11.9 Å². The molecule has 2 atom stereocenters. The zero-order valence-corrected chi connectivity index (χ0v) is 18.6. The fraction of sp³-hybridized carbons (Fsp3) is 0.435. The zero-order valence-electron chi connectivity index (χ0n) is 18.6. The molecule has 2 heterocycles. The number of carbonyl (C=O) groups excluding carboxylic acids is 1. The van der Waals surface area contributed by atoms with Gasteiger partial charge in [0.25, 0.3) is 5.56 Å². The van der Waals surface area contributed by atoms with Gasteiger partial charge >= 0.3 is 5.97 Å². The number of aliphatic hydroxyl groups excluding tert-OH is 1. The van der Waals surface area contributed by atoms with Crippen molar-refractivity contribution in [3.05, 3.63) is 51.9 Å². The Kier molecular flexibility index (Phi) is 6.92. The minimum absolute atomic E-state index is 0.115. The molecule has 3 rings (SSSR count). The van der Waals surface area contributed by atoms with Crippen LogP contribution in [0.3, 0.4) is 0 Å². The number of nitrogens with zero attached hydrogens (tertiary/aromatic N) is 2. The molecule has 166 valence electrons. The van der Waals surface area contributed by atoms with E-state index in [-0.39, 0.29) is 11.5 Å². The minimum Gasteiger partial charge on any atom is -0.464 e. The quantitative estimate of drug-likeness (QED) is 0.477. The van der Waals surface area contributed by atoms with E-state index in [0.717, 1.165) is 28.0 Å². The number of esters is 1. The number of aromatic nitrogens is 3. The number of hydrogen-bond acceptors (Lipinski definition) is 6. The molecule has 0 aliphatic rings. The number of nitrogens with one attached hydrogen (secondary N) is 2. The molecular formula is C23H30N4O4. The molecule has 0 fully saturated rings. The number of aliphatic hydroxyl groups is 1. The van der Waals surface area contributed by atoms with E-state index in [0.29, 0.717) is 18.7 Å². The summed E-state index contributed by atoms with van der Waals surface area (Å²) in [5.74, 6) is 0.516. The average Bonchev–Trinajstić information content (AvgIpc) is 3.04. The van der Waals surface area contributed by atoms with Crippen molar-refractivity contribution in [3.8, 4) is 11.4 Å². The monoisotopic (exact) mass is 426 g/mol. The van der Waals surface area contributed by atoms with Gasteiger partial charge in [-0.1, -0.05) is 19.9 Å². The molecule has 8 nitrogen and oxygen atoms in total. The summed E-state index contributed by atoms with van der Waals surface area (Å²) in [7, 11) is 1.93. The lowest BCUT2D eigenvalue weighted by Crippen LogP contribution is -2.45. The van der Waals surface area contributed by atoms with E-state index in [1.54, 1.807) is 20.0 Å². The summed E-state index contributed by atoms with van der Waals surface area (Å²) < 4.78 is 7.24. The van der Waals surface area contributed by atoms with E-state index in [4.69, 9.17) is 9.72 Å². The van der Waals surface area contributed by atoms with Crippen LogP contribution >= 0.6 is 0 Å². The topological polar surface area (TPSA) is 109 Å². The number of carbonyl (C=O) groups is 1. The van der Waals surface area contributed by atoms with Crippen LogP contribution in [0.2, 0.25) is 0 Å². The first-order chi connectivity index (χ1) is 14.7. The summed E-state index contributed by atoms with van der Waals surface area (Å²) in [5.41, 5.74) is 4.02. The number of aryl methyl sites for hydroxylation is 2. The lowest BCUT2D eigenvalue weighted by molar-refractivity contribution is -0.150. The maximum atomic E-state index is 12.3. The van der Waals surface area contributed by atoms with E-state index in [1.807, 2.05) is 49.7 Å². The third kappa shape index (κ3) is 5.21. The number of H-pyrrole nitrogens is 1. The molecule has 31 heavy (non-hydrogen) atoms. The van der Waals surface area contributed by atoms with Crippen LogP contribution in [-0.4, -0.2) is 44.4 Å². The first-order valence-electron chi connectivity index (χ1n) is 10.4. The van der Waals surface area contributed by atoms with Crippen molar-refractivity contribution in [1.82, 2.24) is 19.9 Å². The van der Waals surface area contributed by atoms with Crippen LogP contribution in [0.5, 0.6) is 0 Å². The van der Waals surface area contributed by atoms with Crippen molar-refractivity contribution in [2.75, 3.05) is 6.61 Å². The van der Waals surface area contributed by atoms with E-state index < -0.39 is 18.1 Å². The molecule has 0 amide bonds. The molecule has 0 saturated carbocycles. The highest BCUT2D eigenvalue weighted by atomic mass is 16.5. The van der Waals surface area contributed by atoms with E-state index in [1.165, 1.54) is 0 Å². The van der Waals surface area contributed by atoms with Crippen LogP contribution in [0.15, 0.2) is 35.3 Å². The van der Waals surface area contributed by atoms with Crippen molar-refractivity contribution < 1.29 is 14.6 Å². The Bertz CT molecular complexity index is 1130. The number of aromatic amines is 1. The van der Waals surface area contributed by atoms with Gasteiger partial charge in [0.15, 0.2) is 0 Å². The van der Waals surface area contributed by atoms with Gasteiger partial charge in [0.2, 0.25) is 0 Å². The maximum Gasteiger partial charge on any atom is 0.325 e. The van der Waals surface area contributed by atoms with Crippen LogP contribution in [0, 0.1) is 12.8 Å².